The summed E-state index contributed by atoms with van der Waals surface area (Å²) in [5, 5.41) is 12.5. The number of piperidine rings is 1. The first-order valence-corrected chi connectivity index (χ1v) is 12.4. The van der Waals surface area contributed by atoms with Gasteiger partial charge in [0.1, 0.15) is 11.9 Å². The number of imide groups is 1. The Balaban J connectivity index is 1.13. The van der Waals surface area contributed by atoms with E-state index in [1.54, 1.807) is 6.07 Å². The zero-order valence-electron chi connectivity index (χ0n) is 20.1. The van der Waals surface area contributed by atoms with E-state index in [2.05, 4.69) is 21.3 Å². The Labute approximate surface area is 212 Å². The van der Waals surface area contributed by atoms with Crippen molar-refractivity contribution in [1.29, 1.82) is 5.26 Å². The number of hydrogen-bond donors (Lipinski definition) is 2. The molecule has 188 valence electrons. The van der Waals surface area contributed by atoms with Gasteiger partial charge in [-0.25, -0.2) is 4.39 Å². The van der Waals surface area contributed by atoms with E-state index in [1.165, 1.54) is 11.0 Å². The van der Waals surface area contributed by atoms with Crippen molar-refractivity contribution >= 4 is 34.3 Å². The molecule has 37 heavy (non-hydrogen) atoms. The molecule has 3 aliphatic rings. The Kier molecular flexibility index (Phi) is 5.65. The van der Waals surface area contributed by atoms with Gasteiger partial charge in [0.05, 0.1) is 17.3 Å². The highest BCUT2D eigenvalue weighted by atomic mass is 19.1. The van der Waals surface area contributed by atoms with Gasteiger partial charge in [0.15, 0.2) is 0 Å². The van der Waals surface area contributed by atoms with Crippen molar-refractivity contribution in [2.75, 3.05) is 31.1 Å². The first-order valence-electron chi connectivity index (χ1n) is 12.4. The molecule has 1 unspecified atom stereocenters. The van der Waals surface area contributed by atoms with E-state index in [9.17, 15) is 14.4 Å². The van der Waals surface area contributed by atoms with Crippen LogP contribution in [0.25, 0.3) is 10.9 Å². The fraction of sp³-hybridized carbons (Fsp3) is 0.333. The summed E-state index contributed by atoms with van der Waals surface area (Å²) >= 11 is 0. The molecule has 0 radical (unpaired) electrons. The third-order valence-corrected chi connectivity index (χ3v) is 7.59. The summed E-state index contributed by atoms with van der Waals surface area (Å²) in [7, 11) is 0. The molecule has 0 spiro atoms. The number of nitriles is 1. The average Bonchev–Trinajstić information content (AvgIpc) is 3.44. The third kappa shape index (κ3) is 4.11. The molecule has 2 N–H and O–H groups in total. The molecule has 6 rings (SSSR count). The van der Waals surface area contributed by atoms with Crippen LogP contribution in [-0.4, -0.2) is 64.7 Å². The maximum atomic E-state index is 15.2. The predicted octanol–water partition coefficient (Wildman–Crippen LogP) is 2.26. The van der Waals surface area contributed by atoms with E-state index in [-0.39, 0.29) is 36.8 Å². The van der Waals surface area contributed by atoms with Crippen LogP contribution in [0.3, 0.4) is 0 Å². The minimum Gasteiger partial charge on any atom is -0.367 e. The number of H-pyrrole nitrogens is 1. The Morgan fingerprint density at radius 3 is 2.65 bits per heavy atom. The maximum Gasteiger partial charge on any atom is 0.255 e. The van der Waals surface area contributed by atoms with Gasteiger partial charge in [-0.05, 0) is 41.8 Å². The molecular weight excluding hydrogens is 475 g/mol. The molecule has 1 aromatic heterocycles. The number of rotatable bonds is 4. The summed E-state index contributed by atoms with van der Waals surface area (Å²) in [5.74, 6) is -1.64. The first kappa shape index (κ1) is 23.2. The summed E-state index contributed by atoms with van der Waals surface area (Å²) in [6.45, 7) is 3.76. The van der Waals surface area contributed by atoms with Crippen LogP contribution in [0.2, 0.25) is 0 Å². The van der Waals surface area contributed by atoms with Crippen molar-refractivity contribution in [2.45, 2.75) is 32.0 Å². The van der Waals surface area contributed by atoms with Crippen LogP contribution < -0.4 is 10.2 Å². The summed E-state index contributed by atoms with van der Waals surface area (Å²) in [6.07, 6.45) is 2.43. The maximum absolute atomic E-state index is 15.2. The normalized spacial score (nSPS) is 20.3. The number of aromatic nitrogens is 1. The summed E-state index contributed by atoms with van der Waals surface area (Å²) in [6, 6.07) is 10.1. The lowest BCUT2D eigenvalue weighted by atomic mass is 10.0. The van der Waals surface area contributed by atoms with Crippen molar-refractivity contribution in [1.82, 2.24) is 20.1 Å². The second-order valence-electron chi connectivity index (χ2n) is 9.81. The second-order valence-corrected chi connectivity index (χ2v) is 9.81. The number of aromatic amines is 1. The van der Waals surface area contributed by atoms with Gasteiger partial charge in [0.25, 0.3) is 5.91 Å². The fourth-order valence-electron chi connectivity index (χ4n) is 5.59. The SMILES string of the molecule is N#Cc1ccc2c(CN3CCN(c4cc5c(cc4F)C(=O)N(C4CCC(=O)NC4=O)C5)CC3)c[nH]c2c1. The second kappa shape index (κ2) is 9.01. The molecule has 2 fully saturated rings. The number of carbonyl (C=O) groups excluding carboxylic acids is 3. The summed E-state index contributed by atoms with van der Waals surface area (Å²) < 4.78 is 15.2. The van der Waals surface area contributed by atoms with Crippen LogP contribution in [0.15, 0.2) is 36.5 Å². The Morgan fingerprint density at radius 1 is 1.08 bits per heavy atom. The van der Waals surface area contributed by atoms with E-state index in [0.717, 1.165) is 36.1 Å². The fourth-order valence-corrected chi connectivity index (χ4v) is 5.59. The van der Waals surface area contributed by atoms with Gasteiger partial charge in [-0.3, -0.25) is 24.6 Å². The highest BCUT2D eigenvalue weighted by molar-refractivity contribution is 6.05. The molecule has 3 aliphatic heterocycles. The van der Waals surface area contributed by atoms with Gasteiger partial charge in [0.2, 0.25) is 11.8 Å². The number of anilines is 1. The molecule has 4 heterocycles. The van der Waals surface area contributed by atoms with E-state index in [4.69, 9.17) is 5.26 Å². The Hall–Kier alpha value is -4.23. The number of piperazine rings is 1. The number of hydrogen-bond acceptors (Lipinski definition) is 6. The quantitative estimate of drug-likeness (QED) is 0.532. The Bertz CT molecular complexity index is 1480. The monoisotopic (exact) mass is 500 g/mol. The molecular formula is C27H25FN6O3. The molecule has 3 amide bonds. The van der Waals surface area contributed by atoms with Crippen LogP contribution in [-0.2, 0) is 22.7 Å². The van der Waals surface area contributed by atoms with Gasteiger partial charge in [-0.15, -0.1) is 0 Å². The lowest BCUT2D eigenvalue weighted by Crippen LogP contribution is -2.52. The van der Waals surface area contributed by atoms with Crippen molar-refractivity contribution in [3.63, 3.8) is 0 Å². The third-order valence-electron chi connectivity index (χ3n) is 7.59. The predicted molar refractivity (Wildman–Crippen MR) is 133 cm³/mol. The van der Waals surface area contributed by atoms with E-state index in [1.807, 2.05) is 29.3 Å². The van der Waals surface area contributed by atoms with Gasteiger partial charge >= 0.3 is 0 Å². The Morgan fingerprint density at radius 2 is 1.89 bits per heavy atom. The summed E-state index contributed by atoms with van der Waals surface area (Å²) in [5.41, 5.74) is 4.16. The van der Waals surface area contributed by atoms with Crippen LogP contribution in [0.1, 0.15) is 39.9 Å². The molecule has 0 aliphatic carbocycles. The lowest BCUT2D eigenvalue weighted by Gasteiger charge is -2.36. The molecule has 0 bridgehead atoms. The largest absolute Gasteiger partial charge is 0.367 e. The number of fused-ring (bicyclic) bond motifs is 2. The number of halogens is 1. The zero-order valence-corrected chi connectivity index (χ0v) is 20.1. The smallest absolute Gasteiger partial charge is 0.255 e. The van der Waals surface area contributed by atoms with Gasteiger partial charge in [-0.2, -0.15) is 5.26 Å². The highest BCUT2D eigenvalue weighted by Crippen LogP contribution is 2.33. The van der Waals surface area contributed by atoms with E-state index < -0.39 is 17.8 Å². The minimum absolute atomic E-state index is 0.180. The van der Waals surface area contributed by atoms with Crippen LogP contribution >= 0.6 is 0 Å². The summed E-state index contributed by atoms with van der Waals surface area (Å²) in [4.78, 5) is 45.7. The van der Waals surface area contributed by atoms with E-state index in [0.29, 0.717) is 29.9 Å². The molecule has 3 aromatic rings. The topological polar surface area (TPSA) is 113 Å². The first-order chi connectivity index (χ1) is 17.9. The van der Waals surface area contributed by atoms with Crippen LogP contribution in [0, 0.1) is 17.1 Å². The molecule has 1 atom stereocenters. The number of amides is 3. The van der Waals surface area contributed by atoms with Crippen molar-refractivity contribution in [2.24, 2.45) is 0 Å². The van der Waals surface area contributed by atoms with Gasteiger partial charge < -0.3 is 14.8 Å². The molecule has 2 saturated heterocycles. The number of nitrogens with one attached hydrogen (secondary N) is 2. The zero-order chi connectivity index (χ0) is 25.7. The standard InChI is InChI=1S/C27H25FN6O3/c28-21-11-20-17(15-34(27(20)37)23-3-4-25(35)31-26(23)36)10-24(21)33-7-5-32(6-8-33)14-18-13-30-22-9-16(12-29)1-2-19(18)22/h1-2,9-11,13,23,30H,3-8,14-15H2,(H,31,35,36). The van der Waals surface area contributed by atoms with Crippen molar-refractivity contribution < 1.29 is 18.8 Å². The highest BCUT2D eigenvalue weighted by Gasteiger charge is 2.40. The number of carbonyl (C=O) groups is 3. The van der Waals surface area contributed by atoms with Gasteiger partial charge in [0, 0.05) is 68.4 Å². The van der Waals surface area contributed by atoms with Crippen LogP contribution in [0.4, 0.5) is 10.1 Å². The minimum atomic E-state index is -0.719. The van der Waals surface area contributed by atoms with Crippen molar-refractivity contribution in [3.05, 3.63) is 64.6 Å². The van der Waals surface area contributed by atoms with Crippen LogP contribution in [0.5, 0.6) is 0 Å². The molecule has 10 heteroatoms. The van der Waals surface area contributed by atoms with Crippen molar-refractivity contribution in [3.8, 4) is 6.07 Å². The average molecular weight is 501 g/mol. The molecule has 2 aromatic carbocycles. The molecule has 0 saturated carbocycles. The lowest BCUT2D eigenvalue weighted by molar-refractivity contribution is -0.136. The number of benzene rings is 2. The number of nitrogens with zero attached hydrogens (tertiary/aromatic N) is 4. The van der Waals surface area contributed by atoms with Gasteiger partial charge in [-0.1, -0.05) is 6.07 Å². The molecule has 9 nitrogen and oxygen atoms in total. The van der Waals surface area contributed by atoms with E-state index >= 15 is 4.39 Å².